The van der Waals surface area contributed by atoms with Crippen molar-refractivity contribution in [1.29, 1.82) is 5.26 Å². The minimum atomic E-state index is -0.152. The number of hydrogen-bond acceptors (Lipinski definition) is 3. The van der Waals surface area contributed by atoms with Gasteiger partial charge in [0.25, 0.3) is 0 Å². The van der Waals surface area contributed by atoms with E-state index >= 15 is 0 Å². The molecule has 1 aromatic rings. The molecule has 0 heterocycles. The standard InChI is InChI=1S/C13H17N3O/c1-2-12(11-6-4-3-5-7-11)16-10-13(17)15-9-8-14/h3-7,12,16H,2,9-10H2,1H3,(H,15,17). The summed E-state index contributed by atoms with van der Waals surface area (Å²) in [7, 11) is 0. The minimum Gasteiger partial charge on any atom is -0.342 e. The van der Waals surface area contributed by atoms with Crippen LogP contribution in [0.1, 0.15) is 24.9 Å². The molecule has 0 aromatic heterocycles. The van der Waals surface area contributed by atoms with Gasteiger partial charge in [-0.2, -0.15) is 5.26 Å². The zero-order chi connectivity index (χ0) is 12.5. The molecule has 2 N–H and O–H groups in total. The summed E-state index contributed by atoms with van der Waals surface area (Å²) in [5, 5.41) is 14.0. The van der Waals surface area contributed by atoms with Gasteiger partial charge in [0.15, 0.2) is 0 Å². The van der Waals surface area contributed by atoms with Crippen LogP contribution in [-0.2, 0) is 4.79 Å². The van der Waals surface area contributed by atoms with Crippen LogP contribution in [0.5, 0.6) is 0 Å². The first-order valence-corrected chi connectivity index (χ1v) is 5.70. The number of hydrogen-bond donors (Lipinski definition) is 2. The van der Waals surface area contributed by atoms with E-state index in [1.165, 1.54) is 5.56 Å². The zero-order valence-electron chi connectivity index (χ0n) is 9.94. The second-order valence-electron chi connectivity index (χ2n) is 3.69. The third-order valence-electron chi connectivity index (χ3n) is 2.48. The van der Waals surface area contributed by atoms with Crippen LogP contribution in [0.25, 0.3) is 0 Å². The van der Waals surface area contributed by atoms with E-state index in [0.717, 1.165) is 6.42 Å². The van der Waals surface area contributed by atoms with Gasteiger partial charge in [0.05, 0.1) is 12.6 Å². The van der Waals surface area contributed by atoms with E-state index in [1.54, 1.807) is 0 Å². The maximum Gasteiger partial charge on any atom is 0.234 e. The Kier molecular flexibility index (Phi) is 5.76. The van der Waals surface area contributed by atoms with Crippen LogP contribution in [0.15, 0.2) is 30.3 Å². The summed E-state index contributed by atoms with van der Waals surface area (Å²) in [6.45, 7) is 2.36. The molecule has 1 rings (SSSR count). The average molecular weight is 231 g/mol. The van der Waals surface area contributed by atoms with Gasteiger partial charge in [0.2, 0.25) is 5.91 Å². The molecule has 1 unspecified atom stereocenters. The molecule has 1 atom stereocenters. The van der Waals surface area contributed by atoms with Crippen molar-refractivity contribution in [2.75, 3.05) is 13.1 Å². The van der Waals surface area contributed by atoms with Gasteiger partial charge in [0, 0.05) is 6.04 Å². The lowest BCUT2D eigenvalue weighted by Gasteiger charge is -2.16. The monoisotopic (exact) mass is 231 g/mol. The summed E-state index contributed by atoms with van der Waals surface area (Å²) in [4.78, 5) is 11.3. The van der Waals surface area contributed by atoms with Crippen LogP contribution in [-0.4, -0.2) is 19.0 Å². The fraction of sp³-hybridized carbons (Fsp3) is 0.385. The van der Waals surface area contributed by atoms with Gasteiger partial charge in [-0.3, -0.25) is 4.79 Å². The fourth-order valence-electron chi connectivity index (χ4n) is 1.60. The van der Waals surface area contributed by atoms with Gasteiger partial charge < -0.3 is 10.6 Å². The van der Waals surface area contributed by atoms with Crippen molar-refractivity contribution in [3.8, 4) is 6.07 Å². The van der Waals surface area contributed by atoms with Crippen molar-refractivity contribution in [3.05, 3.63) is 35.9 Å². The van der Waals surface area contributed by atoms with Gasteiger partial charge in [-0.1, -0.05) is 37.3 Å². The third-order valence-corrected chi connectivity index (χ3v) is 2.48. The molecule has 0 bridgehead atoms. The lowest BCUT2D eigenvalue weighted by Crippen LogP contribution is -2.35. The summed E-state index contributed by atoms with van der Waals surface area (Å²) in [5.74, 6) is -0.152. The smallest absolute Gasteiger partial charge is 0.234 e. The van der Waals surface area contributed by atoms with Crippen LogP contribution in [0, 0.1) is 11.3 Å². The van der Waals surface area contributed by atoms with Gasteiger partial charge in [0.1, 0.15) is 6.54 Å². The molecule has 17 heavy (non-hydrogen) atoms. The first-order valence-electron chi connectivity index (χ1n) is 5.70. The van der Waals surface area contributed by atoms with E-state index in [1.807, 2.05) is 36.4 Å². The molecule has 0 saturated carbocycles. The Bertz CT molecular complexity index is 383. The number of nitrogens with zero attached hydrogens (tertiary/aromatic N) is 1. The van der Waals surface area contributed by atoms with Crippen LogP contribution in [0.2, 0.25) is 0 Å². The Morgan fingerprint density at radius 2 is 2.12 bits per heavy atom. The Hall–Kier alpha value is -1.86. The Morgan fingerprint density at radius 3 is 2.71 bits per heavy atom. The minimum absolute atomic E-state index is 0.0582. The van der Waals surface area contributed by atoms with E-state index < -0.39 is 0 Å². The average Bonchev–Trinajstić information content (AvgIpc) is 2.38. The second kappa shape index (κ2) is 7.42. The summed E-state index contributed by atoms with van der Waals surface area (Å²) >= 11 is 0. The van der Waals surface area contributed by atoms with Gasteiger partial charge in [-0.15, -0.1) is 0 Å². The fourth-order valence-corrected chi connectivity index (χ4v) is 1.60. The molecule has 0 aliphatic rings. The van der Waals surface area contributed by atoms with E-state index in [4.69, 9.17) is 5.26 Å². The van der Waals surface area contributed by atoms with E-state index in [9.17, 15) is 4.79 Å². The predicted molar refractivity (Wildman–Crippen MR) is 66.1 cm³/mol. The highest BCUT2D eigenvalue weighted by molar-refractivity contribution is 5.78. The quantitative estimate of drug-likeness (QED) is 0.727. The largest absolute Gasteiger partial charge is 0.342 e. The van der Waals surface area contributed by atoms with Crippen molar-refractivity contribution in [3.63, 3.8) is 0 Å². The SMILES string of the molecule is CCC(NCC(=O)NCC#N)c1ccccc1. The highest BCUT2D eigenvalue weighted by Crippen LogP contribution is 2.15. The molecular formula is C13H17N3O. The Morgan fingerprint density at radius 1 is 1.41 bits per heavy atom. The first kappa shape index (κ1) is 13.2. The van der Waals surface area contributed by atoms with Gasteiger partial charge >= 0.3 is 0 Å². The van der Waals surface area contributed by atoms with Crippen molar-refractivity contribution in [2.24, 2.45) is 0 Å². The van der Waals surface area contributed by atoms with Crippen LogP contribution in [0.4, 0.5) is 0 Å². The van der Waals surface area contributed by atoms with E-state index in [-0.39, 0.29) is 25.0 Å². The van der Waals surface area contributed by atoms with Gasteiger partial charge in [-0.25, -0.2) is 0 Å². The molecule has 0 aliphatic heterocycles. The van der Waals surface area contributed by atoms with Crippen LogP contribution < -0.4 is 10.6 Å². The molecule has 90 valence electrons. The molecule has 1 aromatic carbocycles. The van der Waals surface area contributed by atoms with Gasteiger partial charge in [-0.05, 0) is 12.0 Å². The molecule has 0 saturated heterocycles. The Balaban J connectivity index is 2.44. The lowest BCUT2D eigenvalue weighted by molar-refractivity contribution is -0.120. The number of benzene rings is 1. The third kappa shape index (κ3) is 4.66. The topological polar surface area (TPSA) is 64.9 Å². The summed E-state index contributed by atoms with van der Waals surface area (Å²) in [6.07, 6.45) is 0.912. The number of carbonyl (C=O) groups excluding carboxylic acids is 1. The number of nitrogens with one attached hydrogen (secondary N) is 2. The van der Waals surface area contributed by atoms with Crippen molar-refractivity contribution in [2.45, 2.75) is 19.4 Å². The second-order valence-corrected chi connectivity index (χ2v) is 3.69. The molecule has 0 radical (unpaired) electrons. The number of amides is 1. The molecule has 1 amide bonds. The summed E-state index contributed by atoms with van der Waals surface area (Å²) < 4.78 is 0. The Labute approximate surface area is 102 Å². The van der Waals surface area contributed by atoms with Crippen LogP contribution >= 0.6 is 0 Å². The van der Waals surface area contributed by atoms with Crippen LogP contribution in [0.3, 0.4) is 0 Å². The maximum atomic E-state index is 11.3. The summed E-state index contributed by atoms with van der Waals surface area (Å²) in [5.41, 5.74) is 1.17. The highest BCUT2D eigenvalue weighted by Gasteiger charge is 2.09. The van der Waals surface area contributed by atoms with E-state index in [2.05, 4.69) is 17.6 Å². The normalized spacial score (nSPS) is 11.5. The number of carbonyl (C=O) groups is 1. The predicted octanol–water partition coefficient (Wildman–Crippen LogP) is 1.37. The van der Waals surface area contributed by atoms with Crippen molar-refractivity contribution < 1.29 is 4.79 Å². The molecule has 0 aliphatic carbocycles. The van der Waals surface area contributed by atoms with E-state index in [0.29, 0.717) is 0 Å². The molecular weight excluding hydrogens is 214 g/mol. The zero-order valence-corrected chi connectivity index (χ0v) is 9.94. The highest BCUT2D eigenvalue weighted by atomic mass is 16.1. The maximum absolute atomic E-state index is 11.3. The van der Waals surface area contributed by atoms with Crippen molar-refractivity contribution >= 4 is 5.91 Å². The summed E-state index contributed by atoms with van der Waals surface area (Å²) in [6, 6.07) is 12.0. The van der Waals surface area contributed by atoms with Crippen molar-refractivity contribution in [1.82, 2.24) is 10.6 Å². The number of nitriles is 1. The molecule has 4 nitrogen and oxygen atoms in total. The molecule has 0 spiro atoms. The first-order chi connectivity index (χ1) is 8.27. The molecule has 4 heteroatoms. The lowest BCUT2D eigenvalue weighted by atomic mass is 10.0. The molecule has 0 fully saturated rings. The number of rotatable bonds is 6.